The molecule has 1 aliphatic rings. The Morgan fingerprint density at radius 1 is 1.11 bits per heavy atom. The maximum atomic E-state index is 12.0. The minimum absolute atomic E-state index is 0.334. The summed E-state index contributed by atoms with van der Waals surface area (Å²) < 4.78 is 16.6. The third kappa shape index (κ3) is 3.27. The van der Waals surface area contributed by atoms with Crippen LogP contribution in [0.4, 0.5) is 0 Å². The predicted octanol–water partition coefficient (Wildman–Crippen LogP) is 5.76. The molecule has 0 saturated carbocycles. The molecule has 2 aromatic carbocycles. The highest BCUT2D eigenvalue weighted by atomic mass is 32.1. The smallest absolute Gasteiger partial charge is 0.337 e. The lowest BCUT2D eigenvalue weighted by Gasteiger charge is -2.20. The lowest BCUT2D eigenvalue weighted by atomic mass is 9.88. The summed E-state index contributed by atoms with van der Waals surface area (Å²) in [4.78, 5) is 13.1. The van der Waals surface area contributed by atoms with Gasteiger partial charge in [-0.3, -0.25) is 0 Å². The van der Waals surface area contributed by atoms with E-state index in [4.69, 9.17) is 14.2 Å². The molecule has 4 rings (SSSR count). The molecule has 5 heteroatoms. The van der Waals surface area contributed by atoms with Crippen molar-refractivity contribution in [2.24, 2.45) is 0 Å². The molecular formula is C23H22O4S. The quantitative estimate of drug-likeness (QED) is 0.528. The Morgan fingerprint density at radius 3 is 2.68 bits per heavy atom. The molecule has 2 heterocycles. The number of esters is 1. The standard InChI is InChI=1S/C23H22O4S/c1-14(2)17-8-5-9-18(15-6-4-7-16(12-15)23(24)25-3)20(17)22-21-19(13-28-22)26-10-11-27-21/h4-9,12-14H,10-11H2,1-3H3. The van der Waals surface area contributed by atoms with Gasteiger partial charge in [0, 0.05) is 10.9 Å². The van der Waals surface area contributed by atoms with Crippen LogP contribution in [-0.2, 0) is 4.74 Å². The van der Waals surface area contributed by atoms with Crippen molar-refractivity contribution in [1.29, 1.82) is 0 Å². The Balaban J connectivity index is 1.94. The summed E-state index contributed by atoms with van der Waals surface area (Å²) in [6.07, 6.45) is 0. The summed E-state index contributed by atoms with van der Waals surface area (Å²) in [7, 11) is 1.40. The Bertz CT molecular complexity index is 1020. The van der Waals surface area contributed by atoms with Gasteiger partial charge < -0.3 is 14.2 Å². The second-order valence-corrected chi connectivity index (χ2v) is 7.83. The number of methoxy groups -OCH3 is 1. The van der Waals surface area contributed by atoms with Crippen LogP contribution in [0.25, 0.3) is 21.6 Å². The first-order chi connectivity index (χ1) is 13.6. The van der Waals surface area contributed by atoms with E-state index in [2.05, 4.69) is 32.0 Å². The molecule has 0 saturated heterocycles. The molecule has 0 amide bonds. The lowest BCUT2D eigenvalue weighted by molar-refractivity contribution is 0.0601. The first kappa shape index (κ1) is 18.6. The van der Waals surface area contributed by atoms with Crippen molar-refractivity contribution in [1.82, 2.24) is 0 Å². The van der Waals surface area contributed by atoms with E-state index in [1.165, 1.54) is 12.7 Å². The average molecular weight is 394 g/mol. The van der Waals surface area contributed by atoms with Gasteiger partial charge in [0.2, 0.25) is 0 Å². The van der Waals surface area contributed by atoms with Crippen molar-refractivity contribution in [3.05, 3.63) is 59.0 Å². The van der Waals surface area contributed by atoms with Crippen LogP contribution in [-0.4, -0.2) is 26.3 Å². The third-order valence-electron chi connectivity index (χ3n) is 4.84. The number of carbonyl (C=O) groups excluding carboxylic acids is 1. The fraction of sp³-hybridized carbons (Fsp3) is 0.261. The first-order valence-electron chi connectivity index (χ1n) is 9.29. The summed E-state index contributed by atoms with van der Waals surface area (Å²) >= 11 is 1.63. The molecule has 1 aliphatic heterocycles. The predicted molar refractivity (Wildman–Crippen MR) is 112 cm³/mol. The molecule has 4 nitrogen and oxygen atoms in total. The summed E-state index contributed by atoms with van der Waals surface area (Å²) in [5.41, 5.74) is 4.94. The number of ether oxygens (including phenoxy) is 3. The SMILES string of the molecule is COC(=O)c1cccc(-c2cccc(C(C)C)c2-c2scc3c2OCCO3)c1. The molecule has 3 aromatic rings. The summed E-state index contributed by atoms with van der Waals surface area (Å²) in [5.74, 6) is 1.61. The molecule has 0 aliphatic carbocycles. The highest BCUT2D eigenvalue weighted by molar-refractivity contribution is 7.14. The van der Waals surface area contributed by atoms with Crippen molar-refractivity contribution in [2.45, 2.75) is 19.8 Å². The van der Waals surface area contributed by atoms with Crippen LogP contribution in [0.1, 0.15) is 35.7 Å². The van der Waals surface area contributed by atoms with Gasteiger partial charge in [-0.1, -0.05) is 44.2 Å². The van der Waals surface area contributed by atoms with Gasteiger partial charge in [-0.15, -0.1) is 11.3 Å². The maximum Gasteiger partial charge on any atom is 0.337 e. The van der Waals surface area contributed by atoms with E-state index in [-0.39, 0.29) is 5.97 Å². The zero-order chi connectivity index (χ0) is 19.7. The van der Waals surface area contributed by atoms with Crippen LogP contribution >= 0.6 is 11.3 Å². The minimum Gasteiger partial charge on any atom is -0.485 e. The van der Waals surface area contributed by atoms with E-state index in [0.29, 0.717) is 24.7 Å². The topological polar surface area (TPSA) is 44.8 Å². The highest BCUT2D eigenvalue weighted by Gasteiger charge is 2.25. The molecule has 0 bridgehead atoms. The number of hydrogen-bond donors (Lipinski definition) is 0. The van der Waals surface area contributed by atoms with E-state index in [0.717, 1.165) is 33.1 Å². The maximum absolute atomic E-state index is 12.0. The zero-order valence-corrected chi connectivity index (χ0v) is 17.0. The van der Waals surface area contributed by atoms with Crippen molar-refractivity contribution < 1.29 is 19.0 Å². The Kier molecular flexibility index (Phi) is 5.09. The third-order valence-corrected chi connectivity index (χ3v) is 5.80. The molecule has 0 N–H and O–H groups in total. The summed E-state index contributed by atoms with van der Waals surface area (Å²) in [6, 6.07) is 13.9. The second kappa shape index (κ2) is 7.68. The molecule has 0 unspecified atom stereocenters. The number of rotatable bonds is 4. The normalized spacial score (nSPS) is 12.9. The van der Waals surface area contributed by atoms with Gasteiger partial charge in [-0.2, -0.15) is 0 Å². The molecule has 0 fully saturated rings. The summed E-state index contributed by atoms with van der Waals surface area (Å²) in [6.45, 7) is 5.49. The van der Waals surface area contributed by atoms with E-state index < -0.39 is 0 Å². The Morgan fingerprint density at radius 2 is 1.89 bits per heavy atom. The zero-order valence-electron chi connectivity index (χ0n) is 16.2. The van der Waals surface area contributed by atoms with E-state index in [1.54, 1.807) is 17.4 Å². The fourth-order valence-electron chi connectivity index (χ4n) is 3.51. The van der Waals surface area contributed by atoms with Gasteiger partial charge in [0.1, 0.15) is 13.2 Å². The fourth-order valence-corrected chi connectivity index (χ4v) is 4.52. The van der Waals surface area contributed by atoms with E-state index >= 15 is 0 Å². The van der Waals surface area contributed by atoms with Crippen molar-refractivity contribution in [3.63, 3.8) is 0 Å². The van der Waals surface area contributed by atoms with Gasteiger partial charge in [0.25, 0.3) is 0 Å². The second-order valence-electron chi connectivity index (χ2n) is 6.95. The molecule has 0 spiro atoms. The van der Waals surface area contributed by atoms with Crippen LogP contribution < -0.4 is 9.47 Å². The van der Waals surface area contributed by atoms with Crippen LogP contribution in [0, 0.1) is 0 Å². The first-order valence-corrected chi connectivity index (χ1v) is 10.2. The molecular weight excluding hydrogens is 372 g/mol. The van der Waals surface area contributed by atoms with Crippen molar-refractivity contribution >= 4 is 17.3 Å². The minimum atomic E-state index is -0.339. The highest BCUT2D eigenvalue weighted by Crippen LogP contribution is 2.50. The summed E-state index contributed by atoms with van der Waals surface area (Å²) in [5, 5.41) is 2.01. The van der Waals surface area contributed by atoms with Gasteiger partial charge >= 0.3 is 5.97 Å². The number of fused-ring (bicyclic) bond motifs is 1. The Labute approximate surface area is 168 Å². The van der Waals surface area contributed by atoms with E-state index in [1.807, 2.05) is 23.6 Å². The number of thiophene rings is 1. The molecule has 0 atom stereocenters. The molecule has 1 aromatic heterocycles. The van der Waals surface area contributed by atoms with Crippen LogP contribution in [0.5, 0.6) is 11.5 Å². The van der Waals surface area contributed by atoms with Crippen LogP contribution in [0.15, 0.2) is 47.8 Å². The average Bonchev–Trinajstić information content (AvgIpc) is 3.16. The molecule has 0 radical (unpaired) electrons. The van der Waals surface area contributed by atoms with Gasteiger partial charge in [-0.25, -0.2) is 4.79 Å². The number of benzene rings is 2. The lowest BCUT2D eigenvalue weighted by Crippen LogP contribution is -2.14. The van der Waals surface area contributed by atoms with Gasteiger partial charge in [0.05, 0.1) is 17.6 Å². The van der Waals surface area contributed by atoms with Gasteiger partial charge in [0.15, 0.2) is 11.5 Å². The van der Waals surface area contributed by atoms with E-state index in [9.17, 15) is 4.79 Å². The van der Waals surface area contributed by atoms with Crippen LogP contribution in [0.2, 0.25) is 0 Å². The van der Waals surface area contributed by atoms with Gasteiger partial charge in [-0.05, 0) is 34.7 Å². The van der Waals surface area contributed by atoms with Crippen molar-refractivity contribution in [2.75, 3.05) is 20.3 Å². The number of hydrogen-bond acceptors (Lipinski definition) is 5. The largest absolute Gasteiger partial charge is 0.485 e. The van der Waals surface area contributed by atoms with Crippen LogP contribution in [0.3, 0.4) is 0 Å². The monoisotopic (exact) mass is 394 g/mol. The number of carbonyl (C=O) groups is 1. The Hall–Kier alpha value is -2.79. The molecule has 28 heavy (non-hydrogen) atoms. The molecule has 144 valence electrons. The van der Waals surface area contributed by atoms with Crippen molar-refractivity contribution in [3.8, 4) is 33.1 Å².